The average molecular weight is 299 g/mol. The predicted molar refractivity (Wildman–Crippen MR) is 63.2 cm³/mol. The van der Waals surface area contributed by atoms with Crippen LogP contribution in [0.1, 0.15) is 0 Å². The lowest BCUT2D eigenvalue weighted by atomic mass is 10.7. The van der Waals surface area contributed by atoms with Gasteiger partial charge in [-0.3, -0.25) is 0 Å². The first-order valence-corrected chi connectivity index (χ1v) is 5.81. The zero-order chi connectivity index (χ0) is 15.4. The normalized spacial score (nSPS) is 10.6. The van der Waals surface area contributed by atoms with Gasteiger partial charge in [-0.1, -0.05) is 15.0 Å². The molecule has 0 aliphatic rings. The number of nitrogens with zero attached hydrogens (tertiary/aromatic N) is 9. The summed E-state index contributed by atoms with van der Waals surface area (Å²) < 4.78 is 0. The Balaban J connectivity index is 1.78. The maximum atomic E-state index is 5.46. The summed E-state index contributed by atoms with van der Waals surface area (Å²) >= 11 is 0. The minimum atomic E-state index is 0.0746. The van der Waals surface area contributed by atoms with E-state index in [1.54, 1.807) is 0 Å². The zero-order valence-electron chi connectivity index (χ0n) is 10.9. The van der Waals surface area contributed by atoms with Crippen LogP contribution < -0.4 is 22.1 Å². The zero-order valence-corrected chi connectivity index (χ0v) is 10.9. The van der Waals surface area contributed by atoms with Crippen LogP contribution in [-0.4, -0.2) is 44.9 Å². The Hall–Kier alpha value is -3.13. The van der Waals surface area contributed by atoms with E-state index in [1.165, 1.54) is 19.0 Å². The lowest BCUT2D eigenvalue weighted by molar-refractivity contribution is -0.509. The lowest BCUT2D eigenvalue weighted by Crippen LogP contribution is -2.76. The molecule has 0 aliphatic heterocycles. The largest absolute Gasteiger partial charge is 0.393 e. The highest BCUT2D eigenvalue weighted by atomic mass is 15.3. The number of aromatic nitrogens is 9. The summed E-state index contributed by atoms with van der Waals surface area (Å²) in [7, 11) is 0. The molecule has 0 spiro atoms. The van der Waals surface area contributed by atoms with Gasteiger partial charge in [0.25, 0.3) is 0 Å². The molecule has 13 heteroatoms. The van der Waals surface area contributed by atoms with Gasteiger partial charge in [0.05, 0.1) is 0 Å². The van der Waals surface area contributed by atoms with Gasteiger partial charge in [-0.15, -0.1) is 11.5 Å². The molecule has 0 amide bonds. The van der Waals surface area contributed by atoms with Crippen LogP contribution in [0.3, 0.4) is 0 Å². The first kappa shape index (κ1) is 13.8. The monoisotopic (exact) mass is 299 g/mol. The first-order valence-electron chi connectivity index (χ1n) is 5.81. The molecule has 3 aromatic heterocycles. The second-order valence-corrected chi connectivity index (χ2v) is 3.72. The molecule has 0 fully saturated rings. The third-order valence-corrected chi connectivity index (χ3v) is 2.20. The smallest absolute Gasteiger partial charge is 0.161 e. The second-order valence-electron chi connectivity index (χ2n) is 3.72. The minimum absolute atomic E-state index is 0.0746. The molecule has 22 heavy (non-hydrogen) atoms. The van der Waals surface area contributed by atoms with E-state index in [1.807, 2.05) is 0 Å². The SMILES string of the molecule is [NH2+]c1ncnc([NH+]c2ncnc([NH+]c3ncnc([NH2+])n3)n2)n1. The van der Waals surface area contributed by atoms with E-state index < -0.39 is 0 Å². The fourth-order valence-electron chi connectivity index (χ4n) is 1.36. The summed E-state index contributed by atoms with van der Waals surface area (Å²) in [6.45, 7) is 0. The van der Waals surface area contributed by atoms with Crippen molar-refractivity contribution in [2.45, 2.75) is 0 Å². The highest BCUT2D eigenvalue weighted by Crippen LogP contribution is 1.96. The van der Waals surface area contributed by atoms with Crippen LogP contribution in [-0.2, 0) is 0 Å². The molecule has 3 aromatic rings. The Kier molecular flexibility index (Phi) is 3.84. The first-order chi connectivity index (χ1) is 10.7. The van der Waals surface area contributed by atoms with Gasteiger partial charge in [-0.25, -0.2) is 0 Å². The summed E-state index contributed by atoms with van der Waals surface area (Å²) in [5, 5.41) is 5.52. The van der Waals surface area contributed by atoms with Crippen LogP contribution in [0, 0.1) is 0 Å². The second kappa shape index (κ2) is 6.10. The van der Waals surface area contributed by atoms with Crippen molar-refractivity contribution in [3.8, 4) is 0 Å². The van der Waals surface area contributed by atoms with Gasteiger partial charge in [0.2, 0.25) is 0 Å². The molecule has 6 N–H and O–H groups in total. The van der Waals surface area contributed by atoms with Crippen molar-refractivity contribution in [2.75, 3.05) is 0 Å². The average Bonchev–Trinajstić information content (AvgIpc) is 2.47. The fourth-order valence-corrected chi connectivity index (χ4v) is 1.36. The molecule has 3 heterocycles. The molecule has 0 aromatic carbocycles. The molecular weight excluding hydrogens is 290 g/mol. The molecule has 0 aliphatic carbocycles. The third-order valence-electron chi connectivity index (χ3n) is 2.20. The molecule has 106 valence electrons. The summed E-state index contributed by atoms with van der Waals surface area (Å²) in [6.07, 6.45) is 3.81. The molecule has 13 nitrogen and oxygen atoms in total. The van der Waals surface area contributed by atoms with Crippen LogP contribution in [0.25, 0.3) is 0 Å². The summed E-state index contributed by atoms with van der Waals surface area (Å²) in [5.41, 5.74) is 10.9. The highest BCUT2D eigenvalue weighted by molar-refractivity contribution is 5.18. The molecule has 4 radical (unpaired) electrons. The number of hydrogen-bond donors (Lipinski definition) is 4. The van der Waals surface area contributed by atoms with Crippen molar-refractivity contribution >= 4 is 35.7 Å². The highest BCUT2D eigenvalue weighted by Gasteiger charge is 2.20. The third kappa shape index (κ3) is 3.49. The molecule has 3 rings (SSSR count). The van der Waals surface area contributed by atoms with Crippen molar-refractivity contribution in [1.29, 1.82) is 0 Å². The van der Waals surface area contributed by atoms with Gasteiger partial charge in [-0.05, 0) is 10.6 Å². The van der Waals surface area contributed by atoms with Gasteiger partial charge < -0.3 is 0 Å². The van der Waals surface area contributed by atoms with Crippen LogP contribution >= 0.6 is 0 Å². The molecule has 0 atom stereocenters. The van der Waals surface area contributed by atoms with Crippen molar-refractivity contribution in [3.63, 3.8) is 0 Å². The van der Waals surface area contributed by atoms with Gasteiger partial charge in [0.15, 0.2) is 0 Å². The maximum absolute atomic E-state index is 5.46. The number of nitrogen functional groups attached to an aromatic ring is 2. The standard InChI is InChI=1S/C9H9N13/c10-4-12-1-14-6(18-4)20-8-16-3-17-9(22-8)21-7-15-2-13-5(11)19-7/h1-3,20-21H,10-11H2/q+4. The number of rotatable bonds is 4. The minimum Gasteiger partial charge on any atom is -0.161 e. The van der Waals surface area contributed by atoms with Gasteiger partial charge in [-0.2, -0.15) is 29.9 Å². The molecule has 0 saturated heterocycles. The van der Waals surface area contributed by atoms with Crippen molar-refractivity contribution < 1.29 is 22.1 Å². The molecule has 0 saturated carbocycles. The lowest BCUT2D eigenvalue weighted by Gasteiger charge is -1.91. The van der Waals surface area contributed by atoms with E-state index in [0.717, 1.165) is 0 Å². The number of hydrogen-bond acceptors (Lipinski definition) is 13. The molecular formula is C9H9N13+4. The Bertz CT molecular complexity index is 727. The molecule has 0 unspecified atom stereocenters. The summed E-state index contributed by atoms with van der Waals surface area (Å²) in [6, 6.07) is 0. The van der Waals surface area contributed by atoms with Crippen molar-refractivity contribution in [2.24, 2.45) is 0 Å². The van der Waals surface area contributed by atoms with Crippen LogP contribution in [0.5, 0.6) is 0 Å². The van der Waals surface area contributed by atoms with Crippen LogP contribution in [0.4, 0.5) is 35.7 Å². The van der Waals surface area contributed by atoms with E-state index in [0.29, 0.717) is 0 Å². The van der Waals surface area contributed by atoms with Crippen LogP contribution in [0.15, 0.2) is 19.0 Å². The van der Waals surface area contributed by atoms with Crippen molar-refractivity contribution in [3.05, 3.63) is 19.0 Å². The fraction of sp³-hybridized carbons (Fsp3) is 0. The number of anilines is 6. The summed E-state index contributed by atoms with van der Waals surface area (Å²) in [4.78, 5) is 34.8. The Labute approximate surface area is 122 Å². The van der Waals surface area contributed by atoms with E-state index in [4.69, 9.17) is 11.5 Å². The Morgan fingerprint density at radius 2 is 0.909 bits per heavy atom. The van der Waals surface area contributed by atoms with E-state index in [9.17, 15) is 0 Å². The quantitative estimate of drug-likeness (QED) is 0.362. The Morgan fingerprint density at radius 3 is 1.32 bits per heavy atom. The van der Waals surface area contributed by atoms with Crippen molar-refractivity contribution in [1.82, 2.24) is 44.9 Å². The topological polar surface area (TPSA) is 198 Å². The number of nitrogens with two attached hydrogens (primary N) is 2. The summed E-state index contributed by atoms with van der Waals surface area (Å²) in [5.74, 6) is 0.953. The Morgan fingerprint density at radius 1 is 0.545 bits per heavy atom. The van der Waals surface area contributed by atoms with Gasteiger partial charge >= 0.3 is 35.7 Å². The van der Waals surface area contributed by atoms with Gasteiger partial charge in [0.1, 0.15) is 19.0 Å². The van der Waals surface area contributed by atoms with E-state index in [2.05, 4.69) is 55.5 Å². The van der Waals surface area contributed by atoms with E-state index >= 15 is 0 Å². The predicted octanol–water partition coefficient (Wildman–Crippen LogP) is -5.82. The van der Waals surface area contributed by atoms with Crippen LogP contribution in [0.2, 0.25) is 0 Å². The maximum Gasteiger partial charge on any atom is 0.393 e. The molecule has 0 bridgehead atoms. The van der Waals surface area contributed by atoms with Gasteiger partial charge in [0, 0.05) is 0 Å². The number of nitrogens with one attached hydrogen (secondary N) is 2. The van der Waals surface area contributed by atoms with E-state index in [-0.39, 0.29) is 35.7 Å².